The van der Waals surface area contributed by atoms with E-state index in [-0.39, 0.29) is 30.0 Å². The molecule has 192 valence electrons. The van der Waals surface area contributed by atoms with Gasteiger partial charge in [0.15, 0.2) is 0 Å². The first-order valence-electron chi connectivity index (χ1n) is 12.1. The van der Waals surface area contributed by atoms with Crippen LogP contribution in [0, 0.1) is 26.7 Å². The molecular weight excluding hydrogens is 466 g/mol. The Morgan fingerprint density at radius 1 is 1.20 bits per heavy atom. The highest BCUT2D eigenvalue weighted by molar-refractivity contribution is 7.10. The van der Waals surface area contributed by atoms with E-state index in [0.717, 1.165) is 47.4 Å². The van der Waals surface area contributed by atoms with Crippen molar-refractivity contribution in [3.8, 4) is 0 Å². The number of nitrogens with one attached hydrogen (secondary N) is 3. The summed E-state index contributed by atoms with van der Waals surface area (Å²) in [5.41, 5.74) is 2.71. The molecule has 1 saturated carbocycles. The monoisotopic (exact) mass is 503 g/mol. The summed E-state index contributed by atoms with van der Waals surface area (Å²) in [4.78, 5) is 40.6. The Balaban J connectivity index is 1.57. The average molecular weight is 504 g/mol. The molecule has 0 radical (unpaired) electrons. The Morgan fingerprint density at radius 3 is 2.46 bits per heavy atom. The second kappa shape index (κ2) is 11.0. The topological polar surface area (TPSA) is 121 Å². The Kier molecular flexibility index (Phi) is 8.43. The zero-order valence-corrected chi connectivity index (χ0v) is 22.2. The van der Waals surface area contributed by atoms with Gasteiger partial charge in [-0.1, -0.05) is 0 Å². The molecule has 8 nitrogen and oxygen atoms in total. The van der Waals surface area contributed by atoms with Crippen LogP contribution in [0.25, 0.3) is 0 Å². The van der Waals surface area contributed by atoms with Gasteiger partial charge in [0.2, 0.25) is 0 Å². The molecule has 2 aromatic rings. The van der Waals surface area contributed by atoms with E-state index in [2.05, 4.69) is 15.6 Å². The van der Waals surface area contributed by atoms with E-state index in [4.69, 9.17) is 4.74 Å². The van der Waals surface area contributed by atoms with Crippen molar-refractivity contribution < 1.29 is 19.4 Å². The normalized spacial score (nSPS) is 19.2. The minimum Gasteiger partial charge on any atom is -0.444 e. The molecular formula is C26H37N3O5S. The van der Waals surface area contributed by atoms with E-state index in [9.17, 15) is 19.5 Å². The van der Waals surface area contributed by atoms with Crippen molar-refractivity contribution in [1.29, 1.82) is 0 Å². The number of amides is 2. The first kappa shape index (κ1) is 26.9. The zero-order chi connectivity index (χ0) is 25.9. The summed E-state index contributed by atoms with van der Waals surface area (Å²) in [6.45, 7) is 11.2. The zero-order valence-electron chi connectivity index (χ0n) is 21.4. The van der Waals surface area contributed by atoms with Crippen molar-refractivity contribution in [2.45, 2.75) is 91.5 Å². The second-order valence-electron chi connectivity index (χ2n) is 10.5. The lowest BCUT2D eigenvalue weighted by Gasteiger charge is -2.32. The number of H-pyrrole nitrogens is 1. The lowest BCUT2D eigenvalue weighted by Crippen LogP contribution is -2.41. The third-order valence-corrected chi connectivity index (χ3v) is 7.60. The smallest absolute Gasteiger partial charge is 0.407 e. The van der Waals surface area contributed by atoms with Crippen molar-refractivity contribution in [2.75, 3.05) is 0 Å². The number of aryl methyl sites for hydroxylation is 2. The first-order valence-corrected chi connectivity index (χ1v) is 13.0. The molecule has 0 aromatic carbocycles. The number of carbonyl (C=O) groups is 2. The van der Waals surface area contributed by atoms with Crippen LogP contribution in [0.5, 0.6) is 0 Å². The number of aliphatic hydroxyl groups is 1. The highest BCUT2D eigenvalue weighted by atomic mass is 32.1. The second-order valence-corrected chi connectivity index (χ2v) is 11.4. The van der Waals surface area contributed by atoms with Crippen LogP contribution in [-0.4, -0.2) is 33.7 Å². The van der Waals surface area contributed by atoms with Gasteiger partial charge in [-0.05, 0) is 90.3 Å². The van der Waals surface area contributed by atoms with Gasteiger partial charge in [-0.25, -0.2) is 4.79 Å². The standard InChI is InChI=1S/C26H37N3O5S/c1-14-11-15(2)28-24(32)19(14)12-27-23(31)20-13-35-22(16(20)3)21(30)17-7-9-18(10-8-17)29-25(33)34-26(4,5)6/h11,13,17-18,21,30H,7-10,12H2,1-6H3,(H,27,31)(H,28,32)(H,29,33). The van der Waals surface area contributed by atoms with E-state index < -0.39 is 17.8 Å². The van der Waals surface area contributed by atoms with Crippen molar-refractivity contribution in [3.63, 3.8) is 0 Å². The molecule has 0 spiro atoms. The van der Waals surface area contributed by atoms with E-state index in [1.807, 2.05) is 47.6 Å². The Morgan fingerprint density at radius 2 is 1.86 bits per heavy atom. The highest BCUT2D eigenvalue weighted by Crippen LogP contribution is 2.39. The molecule has 0 bridgehead atoms. The lowest BCUT2D eigenvalue weighted by atomic mass is 9.81. The summed E-state index contributed by atoms with van der Waals surface area (Å²) in [6.07, 6.45) is 2.01. The largest absolute Gasteiger partial charge is 0.444 e. The number of alkyl carbamates (subject to hydrolysis) is 1. The van der Waals surface area contributed by atoms with Gasteiger partial charge in [0.25, 0.3) is 11.5 Å². The molecule has 3 rings (SSSR count). The first-order chi connectivity index (χ1) is 16.4. The Bertz CT molecular complexity index is 1120. The number of hydrogen-bond acceptors (Lipinski definition) is 6. The van der Waals surface area contributed by atoms with Gasteiger partial charge in [0.1, 0.15) is 5.60 Å². The Hall–Kier alpha value is -2.65. The van der Waals surface area contributed by atoms with Crippen molar-refractivity contribution >= 4 is 23.3 Å². The van der Waals surface area contributed by atoms with E-state index in [1.54, 1.807) is 5.38 Å². The average Bonchev–Trinajstić information content (AvgIpc) is 3.12. The third kappa shape index (κ3) is 6.95. The molecule has 9 heteroatoms. The minimum absolute atomic E-state index is 0.0347. The van der Waals surface area contributed by atoms with Gasteiger partial charge in [-0.3, -0.25) is 9.59 Å². The molecule has 1 atom stereocenters. The van der Waals surface area contributed by atoms with Crippen LogP contribution in [0.4, 0.5) is 4.79 Å². The molecule has 0 aliphatic heterocycles. The van der Waals surface area contributed by atoms with Crippen LogP contribution in [0.1, 0.15) is 90.2 Å². The summed E-state index contributed by atoms with van der Waals surface area (Å²) in [6, 6.07) is 1.91. The van der Waals surface area contributed by atoms with Crippen LogP contribution < -0.4 is 16.2 Å². The number of aromatic amines is 1. The number of thiophene rings is 1. The maximum atomic E-state index is 12.8. The molecule has 2 heterocycles. The third-order valence-electron chi connectivity index (χ3n) is 6.45. The lowest BCUT2D eigenvalue weighted by molar-refractivity contribution is 0.0452. The number of aliphatic hydroxyl groups excluding tert-OH is 1. The molecule has 2 aromatic heterocycles. The van der Waals surface area contributed by atoms with Crippen molar-refractivity contribution in [1.82, 2.24) is 15.6 Å². The Labute approximate surface area is 210 Å². The molecule has 1 unspecified atom stereocenters. The molecule has 2 amide bonds. The molecule has 1 aliphatic rings. The van der Waals surface area contributed by atoms with E-state index in [1.165, 1.54) is 11.3 Å². The number of rotatable bonds is 6. The fraction of sp³-hybridized carbons (Fsp3) is 0.577. The predicted molar refractivity (Wildman–Crippen MR) is 137 cm³/mol. The SMILES string of the molecule is Cc1cc(C)c(CNC(=O)c2csc(C(O)C3CCC(NC(=O)OC(C)(C)C)CC3)c2C)c(=O)[nH]1. The fourth-order valence-electron chi connectivity index (χ4n) is 4.58. The summed E-state index contributed by atoms with van der Waals surface area (Å²) in [5.74, 6) is -0.199. The van der Waals surface area contributed by atoms with Gasteiger partial charge in [0.05, 0.1) is 11.7 Å². The number of hydrogen-bond donors (Lipinski definition) is 4. The van der Waals surface area contributed by atoms with Crippen LogP contribution in [0.2, 0.25) is 0 Å². The van der Waals surface area contributed by atoms with Gasteiger partial charge in [-0.2, -0.15) is 0 Å². The van der Waals surface area contributed by atoms with E-state index >= 15 is 0 Å². The van der Waals surface area contributed by atoms with Gasteiger partial charge in [0, 0.05) is 34.1 Å². The minimum atomic E-state index is -0.661. The molecule has 35 heavy (non-hydrogen) atoms. The molecule has 4 N–H and O–H groups in total. The summed E-state index contributed by atoms with van der Waals surface area (Å²) in [7, 11) is 0. The van der Waals surface area contributed by atoms with E-state index in [0.29, 0.717) is 11.1 Å². The summed E-state index contributed by atoms with van der Waals surface area (Å²) < 4.78 is 5.34. The van der Waals surface area contributed by atoms with Crippen molar-refractivity contribution in [3.05, 3.63) is 54.6 Å². The van der Waals surface area contributed by atoms with Crippen LogP contribution in [-0.2, 0) is 11.3 Å². The number of carbonyl (C=O) groups excluding carboxylic acids is 2. The van der Waals surface area contributed by atoms with Gasteiger partial charge < -0.3 is 25.5 Å². The molecule has 1 fully saturated rings. The summed E-state index contributed by atoms with van der Waals surface area (Å²) in [5, 5.41) is 18.6. The maximum absolute atomic E-state index is 12.8. The van der Waals surface area contributed by atoms with Crippen LogP contribution >= 0.6 is 11.3 Å². The predicted octanol–water partition coefficient (Wildman–Crippen LogP) is 4.41. The summed E-state index contributed by atoms with van der Waals surface area (Å²) >= 11 is 1.39. The quantitative estimate of drug-likeness (QED) is 0.465. The maximum Gasteiger partial charge on any atom is 0.407 e. The number of aromatic nitrogens is 1. The van der Waals surface area contributed by atoms with Crippen molar-refractivity contribution in [2.24, 2.45) is 5.92 Å². The number of pyridine rings is 1. The highest BCUT2D eigenvalue weighted by Gasteiger charge is 2.31. The van der Waals surface area contributed by atoms with Crippen LogP contribution in [0.3, 0.4) is 0 Å². The molecule has 1 aliphatic carbocycles. The van der Waals surface area contributed by atoms with Gasteiger partial charge in [-0.15, -0.1) is 11.3 Å². The number of ether oxygens (including phenoxy) is 1. The fourth-order valence-corrected chi connectivity index (χ4v) is 5.73. The van der Waals surface area contributed by atoms with Gasteiger partial charge >= 0.3 is 6.09 Å². The van der Waals surface area contributed by atoms with Crippen LogP contribution in [0.15, 0.2) is 16.2 Å². The molecule has 0 saturated heterocycles.